The van der Waals surface area contributed by atoms with Crippen molar-refractivity contribution in [1.82, 2.24) is 0 Å². The Hall–Kier alpha value is -2.20. The Morgan fingerprint density at radius 3 is 2.75 bits per heavy atom. The number of rotatable bonds is 4. The molecule has 0 spiro atoms. The molecule has 2 aromatic carbocycles. The van der Waals surface area contributed by atoms with E-state index in [1.165, 1.54) is 0 Å². The number of methoxy groups -OCH3 is 1. The van der Waals surface area contributed by atoms with Crippen molar-refractivity contribution >= 4 is 21.4 Å². The quantitative estimate of drug-likeness (QED) is 0.781. The molecule has 0 fully saturated rings. The molecule has 3 aromatic rings. The molecule has 1 aromatic heterocycles. The van der Waals surface area contributed by atoms with E-state index in [2.05, 4.69) is 0 Å². The third-order valence-corrected chi connectivity index (χ3v) is 4.09. The third kappa shape index (κ3) is 2.42. The maximum absolute atomic E-state index is 9.95. The Bertz CT molecular complexity index is 733. The minimum absolute atomic E-state index is 0.299. The van der Waals surface area contributed by atoms with Gasteiger partial charge in [0.15, 0.2) is 0 Å². The SMILES string of the molecule is COc1cccc(OCc2csc3cccc(O)c23)c1. The monoisotopic (exact) mass is 286 g/mol. The molecular formula is C16H14O3S. The van der Waals surface area contributed by atoms with E-state index in [1.807, 2.05) is 41.8 Å². The predicted octanol–water partition coefficient (Wildman–Crippen LogP) is 4.19. The van der Waals surface area contributed by atoms with Crippen molar-refractivity contribution in [2.75, 3.05) is 7.11 Å². The van der Waals surface area contributed by atoms with Crippen molar-refractivity contribution in [3.63, 3.8) is 0 Å². The highest BCUT2D eigenvalue weighted by Crippen LogP contribution is 2.33. The second-order valence-electron chi connectivity index (χ2n) is 4.38. The van der Waals surface area contributed by atoms with E-state index < -0.39 is 0 Å². The van der Waals surface area contributed by atoms with Gasteiger partial charge in [-0.05, 0) is 29.6 Å². The Morgan fingerprint density at radius 1 is 1.10 bits per heavy atom. The summed E-state index contributed by atoms with van der Waals surface area (Å²) in [7, 11) is 1.63. The van der Waals surface area contributed by atoms with Crippen molar-refractivity contribution in [1.29, 1.82) is 0 Å². The molecule has 20 heavy (non-hydrogen) atoms. The number of phenols is 1. The lowest BCUT2D eigenvalue weighted by Gasteiger charge is -2.07. The molecule has 102 valence electrons. The van der Waals surface area contributed by atoms with Gasteiger partial charge in [-0.25, -0.2) is 0 Å². The van der Waals surface area contributed by atoms with E-state index in [9.17, 15) is 5.11 Å². The van der Waals surface area contributed by atoms with E-state index >= 15 is 0 Å². The number of hydrogen-bond acceptors (Lipinski definition) is 4. The van der Waals surface area contributed by atoms with Crippen LogP contribution < -0.4 is 9.47 Å². The van der Waals surface area contributed by atoms with Crippen LogP contribution in [0.5, 0.6) is 17.2 Å². The zero-order chi connectivity index (χ0) is 13.9. The van der Waals surface area contributed by atoms with Crippen molar-refractivity contribution in [3.8, 4) is 17.2 Å². The molecule has 0 atom stereocenters. The fourth-order valence-electron chi connectivity index (χ4n) is 2.09. The van der Waals surface area contributed by atoms with Gasteiger partial charge in [0, 0.05) is 21.7 Å². The summed E-state index contributed by atoms with van der Waals surface area (Å²) in [5.41, 5.74) is 0.992. The van der Waals surface area contributed by atoms with Gasteiger partial charge in [0.1, 0.15) is 23.9 Å². The first-order valence-electron chi connectivity index (χ1n) is 6.23. The lowest BCUT2D eigenvalue weighted by atomic mass is 10.1. The van der Waals surface area contributed by atoms with Crippen LogP contribution in [0.15, 0.2) is 47.8 Å². The van der Waals surface area contributed by atoms with Crippen LogP contribution in [-0.4, -0.2) is 12.2 Å². The highest BCUT2D eigenvalue weighted by Gasteiger charge is 2.09. The standard InChI is InChI=1S/C16H14O3S/c1-18-12-4-2-5-13(8-12)19-9-11-10-20-15-7-3-6-14(17)16(11)15/h2-8,10,17H,9H2,1H3. The first-order chi connectivity index (χ1) is 9.78. The van der Waals surface area contributed by atoms with E-state index in [0.717, 1.165) is 27.1 Å². The van der Waals surface area contributed by atoms with E-state index in [4.69, 9.17) is 9.47 Å². The van der Waals surface area contributed by atoms with Crippen LogP contribution in [0.1, 0.15) is 5.56 Å². The molecule has 1 N–H and O–H groups in total. The molecule has 0 saturated heterocycles. The summed E-state index contributed by atoms with van der Waals surface area (Å²) in [6, 6.07) is 13.0. The van der Waals surface area contributed by atoms with Crippen molar-refractivity contribution in [2.24, 2.45) is 0 Å². The Labute approximate surface area is 121 Å². The number of hydrogen-bond donors (Lipinski definition) is 1. The summed E-state index contributed by atoms with van der Waals surface area (Å²) >= 11 is 1.61. The molecule has 3 nitrogen and oxygen atoms in total. The summed E-state index contributed by atoms with van der Waals surface area (Å²) in [6.07, 6.45) is 0. The first kappa shape index (κ1) is 12.8. The fourth-order valence-corrected chi connectivity index (χ4v) is 3.06. The third-order valence-electron chi connectivity index (χ3n) is 3.09. The molecule has 3 rings (SSSR count). The van der Waals surface area contributed by atoms with Crippen LogP contribution in [0, 0.1) is 0 Å². The average molecular weight is 286 g/mol. The predicted molar refractivity (Wildman–Crippen MR) is 80.8 cm³/mol. The van der Waals surface area contributed by atoms with Gasteiger partial charge in [0.2, 0.25) is 0 Å². The van der Waals surface area contributed by atoms with Crippen LogP contribution in [0.3, 0.4) is 0 Å². The smallest absolute Gasteiger partial charge is 0.124 e. The van der Waals surface area contributed by atoms with Gasteiger partial charge < -0.3 is 14.6 Å². The zero-order valence-corrected chi connectivity index (χ0v) is 11.8. The lowest BCUT2D eigenvalue weighted by molar-refractivity contribution is 0.305. The van der Waals surface area contributed by atoms with E-state index in [1.54, 1.807) is 24.5 Å². The first-order valence-corrected chi connectivity index (χ1v) is 7.11. The van der Waals surface area contributed by atoms with Crippen LogP contribution >= 0.6 is 11.3 Å². The number of phenolic OH excluding ortho intramolecular Hbond substituents is 1. The number of thiophene rings is 1. The molecule has 1 heterocycles. The fraction of sp³-hybridized carbons (Fsp3) is 0.125. The molecule has 0 bridgehead atoms. The number of fused-ring (bicyclic) bond motifs is 1. The molecule has 0 aliphatic rings. The maximum atomic E-state index is 9.95. The van der Waals surface area contributed by atoms with Gasteiger partial charge >= 0.3 is 0 Å². The second-order valence-corrected chi connectivity index (χ2v) is 5.29. The van der Waals surface area contributed by atoms with Crippen LogP contribution in [-0.2, 0) is 6.61 Å². The van der Waals surface area contributed by atoms with E-state index in [-0.39, 0.29) is 0 Å². The highest BCUT2D eigenvalue weighted by atomic mass is 32.1. The Kier molecular flexibility index (Phi) is 3.48. The highest BCUT2D eigenvalue weighted by molar-refractivity contribution is 7.17. The normalized spacial score (nSPS) is 10.7. The summed E-state index contributed by atoms with van der Waals surface area (Å²) < 4.78 is 12.0. The molecule has 4 heteroatoms. The molecule has 0 saturated carbocycles. The molecule has 0 amide bonds. The van der Waals surface area contributed by atoms with Crippen molar-refractivity contribution in [3.05, 3.63) is 53.4 Å². The van der Waals surface area contributed by atoms with Gasteiger partial charge in [-0.3, -0.25) is 0 Å². The van der Waals surface area contributed by atoms with Gasteiger partial charge in [0.25, 0.3) is 0 Å². The van der Waals surface area contributed by atoms with Crippen LogP contribution in [0.25, 0.3) is 10.1 Å². The van der Waals surface area contributed by atoms with Crippen molar-refractivity contribution < 1.29 is 14.6 Å². The minimum atomic E-state index is 0.299. The zero-order valence-electron chi connectivity index (χ0n) is 11.0. The van der Waals surface area contributed by atoms with Gasteiger partial charge in [-0.15, -0.1) is 11.3 Å². The molecule has 0 radical (unpaired) electrons. The van der Waals surface area contributed by atoms with Gasteiger partial charge in [0.05, 0.1) is 7.11 Å². The van der Waals surface area contributed by atoms with Crippen molar-refractivity contribution in [2.45, 2.75) is 6.61 Å². The second kappa shape index (κ2) is 5.43. The van der Waals surface area contributed by atoms with E-state index in [0.29, 0.717) is 12.4 Å². The summed E-state index contributed by atoms with van der Waals surface area (Å²) in [5, 5.41) is 12.8. The number of aromatic hydroxyl groups is 1. The minimum Gasteiger partial charge on any atom is -0.507 e. The topological polar surface area (TPSA) is 38.7 Å². The number of benzene rings is 2. The Morgan fingerprint density at radius 2 is 1.90 bits per heavy atom. The van der Waals surface area contributed by atoms with Gasteiger partial charge in [-0.2, -0.15) is 0 Å². The average Bonchev–Trinajstić information content (AvgIpc) is 2.90. The lowest BCUT2D eigenvalue weighted by Crippen LogP contribution is -1.94. The molecule has 0 aliphatic heterocycles. The Balaban J connectivity index is 1.83. The summed E-state index contributed by atoms with van der Waals surface area (Å²) in [5.74, 6) is 1.81. The summed E-state index contributed by atoms with van der Waals surface area (Å²) in [4.78, 5) is 0. The summed E-state index contributed by atoms with van der Waals surface area (Å²) in [6.45, 7) is 0.421. The van der Waals surface area contributed by atoms with Crippen LogP contribution in [0.2, 0.25) is 0 Å². The molecule has 0 aliphatic carbocycles. The van der Waals surface area contributed by atoms with Crippen LogP contribution in [0.4, 0.5) is 0 Å². The largest absolute Gasteiger partial charge is 0.507 e. The molecular weight excluding hydrogens is 272 g/mol. The van der Waals surface area contributed by atoms with Gasteiger partial charge in [-0.1, -0.05) is 12.1 Å². The maximum Gasteiger partial charge on any atom is 0.124 e. The molecule has 0 unspecified atom stereocenters. The number of ether oxygens (including phenoxy) is 2.